The zero-order chi connectivity index (χ0) is 18.1. The Hall–Kier alpha value is -1.31. The molecule has 0 aromatic heterocycles. The summed E-state index contributed by atoms with van der Waals surface area (Å²) >= 11 is 0. The standard InChI is InChI=1S/C20H31N3O2.HI/c1-4-16(17-9-7-6-8-10-17)15-22-20(21-5-2)23-13-11-18(12-14-23)19(24)25-3;/h6-10,16,18H,4-5,11-15H2,1-3H3,(H,21,22);1H. The van der Waals surface area contributed by atoms with Gasteiger partial charge in [0.2, 0.25) is 0 Å². The number of hydrogen-bond acceptors (Lipinski definition) is 3. The third-order valence-corrected chi connectivity index (χ3v) is 4.89. The van der Waals surface area contributed by atoms with Gasteiger partial charge in [0.1, 0.15) is 0 Å². The first-order valence-corrected chi connectivity index (χ1v) is 9.35. The molecule has 1 aliphatic heterocycles. The van der Waals surface area contributed by atoms with Crippen LogP contribution in [0.5, 0.6) is 0 Å². The molecule has 1 aromatic carbocycles. The number of nitrogens with one attached hydrogen (secondary N) is 1. The largest absolute Gasteiger partial charge is 0.469 e. The number of likely N-dealkylation sites (tertiary alicyclic amines) is 1. The van der Waals surface area contributed by atoms with Crippen molar-refractivity contribution in [2.24, 2.45) is 10.9 Å². The highest BCUT2D eigenvalue weighted by molar-refractivity contribution is 14.0. The van der Waals surface area contributed by atoms with E-state index in [0.717, 1.165) is 51.4 Å². The average molecular weight is 473 g/mol. The first kappa shape index (κ1) is 22.7. The van der Waals surface area contributed by atoms with Gasteiger partial charge in [0.05, 0.1) is 13.0 Å². The Balaban J connectivity index is 0.00000338. The molecular formula is C20H32IN3O2. The molecule has 1 N–H and O–H groups in total. The molecule has 1 saturated heterocycles. The molecule has 1 atom stereocenters. The molecule has 1 aliphatic rings. The fourth-order valence-corrected chi connectivity index (χ4v) is 3.31. The maximum atomic E-state index is 11.7. The second kappa shape index (κ2) is 12.1. The molecule has 1 unspecified atom stereocenters. The minimum atomic E-state index is -0.0864. The molecule has 1 heterocycles. The summed E-state index contributed by atoms with van der Waals surface area (Å²) in [7, 11) is 1.47. The Kier molecular flexibility index (Phi) is 10.6. The van der Waals surface area contributed by atoms with Gasteiger partial charge in [0.25, 0.3) is 0 Å². The van der Waals surface area contributed by atoms with Crippen LogP contribution in [0, 0.1) is 5.92 Å². The second-order valence-electron chi connectivity index (χ2n) is 6.49. The summed E-state index contributed by atoms with van der Waals surface area (Å²) in [5, 5.41) is 3.40. The molecule has 0 aliphatic carbocycles. The second-order valence-corrected chi connectivity index (χ2v) is 6.49. The van der Waals surface area contributed by atoms with Crippen molar-refractivity contribution in [3.8, 4) is 0 Å². The highest BCUT2D eigenvalue weighted by Gasteiger charge is 2.27. The molecule has 146 valence electrons. The van der Waals surface area contributed by atoms with E-state index in [9.17, 15) is 4.79 Å². The van der Waals surface area contributed by atoms with E-state index >= 15 is 0 Å². The molecular weight excluding hydrogens is 441 g/mol. The van der Waals surface area contributed by atoms with Gasteiger partial charge in [-0.2, -0.15) is 0 Å². The van der Waals surface area contributed by atoms with E-state index in [4.69, 9.17) is 9.73 Å². The number of carbonyl (C=O) groups is 1. The number of halogens is 1. The topological polar surface area (TPSA) is 53.9 Å². The monoisotopic (exact) mass is 473 g/mol. The first-order chi connectivity index (χ1) is 12.2. The molecule has 0 amide bonds. The summed E-state index contributed by atoms with van der Waals surface area (Å²) < 4.78 is 4.87. The Bertz CT molecular complexity index is 557. The lowest BCUT2D eigenvalue weighted by Gasteiger charge is -2.33. The van der Waals surface area contributed by atoms with Gasteiger partial charge < -0.3 is 15.0 Å². The van der Waals surface area contributed by atoms with Gasteiger partial charge in [-0.3, -0.25) is 9.79 Å². The van der Waals surface area contributed by atoms with Crippen LogP contribution in [-0.2, 0) is 9.53 Å². The van der Waals surface area contributed by atoms with Crippen LogP contribution < -0.4 is 5.32 Å². The average Bonchev–Trinajstić information content (AvgIpc) is 2.68. The summed E-state index contributed by atoms with van der Waals surface area (Å²) in [4.78, 5) is 18.8. The van der Waals surface area contributed by atoms with Crippen LogP contribution in [0.25, 0.3) is 0 Å². The third kappa shape index (κ3) is 6.45. The molecule has 0 radical (unpaired) electrons. The number of piperidine rings is 1. The van der Waals surface area contributed by atoms with Crippen molar-refractivity contribution in [3.05, 3.63) is 35.9 Å². The fourth-order valence-electron chi connectivity index (χ4n) is 3.31. The number of methoxy groups -OCH3 is 1. The number of nitrogens with zero attached hydrogens (tertiary/aromatic N) is 2. The van der Waals surface area contributed by atoms with Crippen LogP contribution in [0.15, 0.2) is 35.3 Å². The van der Waals surface area contributed by atoms with E-state index < -0.39 is 0 Å². The van der Waals surface area contributed by atoms with Crippen LogP contribution in [0.3, 0.4) is 0 Å². The zero-order valence-electron chi connectivity index (χ0n) is 16.1. The van der Waals surface area contributed by atoms with Crippen LogP contribution in [-0.4, -0.2) is 50.1 Å². The van der Waals surface area contributed by atoms with E-state index in [-0.39, 0.29) is 35.9 Å². The summed E-state index contributed by atoms with van der Waals surface area (Å²) in [6, 6.07) is 10.6. The number of aliphatic imine (C=N–C) groups is 1. The lowest BCUT2D eigenvalue weighted by atomic mass is 9.96. The summed E-state index contributed by atoms with van der Waals surface area (Å²) in [6.45, 7) is 7.60. The summed E-state index contributed by atoms with van der Waals surface area (Å²) in [5.41, 5.74) is 1.34. The molecule has 1 fully saturated rings. The van der Waals surface area contributed by atoms with E-state index in [1.165, 1.54) is 12.7 Å². The third-order valence-electron chi connectivity index (χ3n) is 4.89. The Morgan fingerprint density at radius 2 is 1.92 bits per heavy atom. The Labute approximate surface area is 174 Å². The Morgan fingerprint density at radius 1 is 1.27 bits per heavy atom. The van der Waals surface area contributed by atoms with Gasteiger partial charge >= 0.3 is 5.97 Å². The van der Waals surface area contributed by atoms with E-state index in [1.807, 2.05) is 0 Å². The number of guanidine groups is 1. The lowest BCUT2D eigenvalue weighted by molar-refractivity contribution is -0.146. The highest BCUT2D eigenvalue weighted by atomic mass is 127. The molecule has 5 nitrogen and oxygen atoms in total. The Morgan fingerprint density at radius 3 is 2.46 bits per heavy atom. The van der Waals surface area contributed by atoms with Crippen molar-refractivity contribution in [1.82, 2.24) is 10.2 Å². The van der Waals surface area contributed by atoms with Crippen molar-refractivity contribution in [2.45, 2.75) is 39.0 Å². The fraction of sp³-hybridized carbons (Fsp3) is 0.600. The maximum Gasteiger partial charge on any atom is 0.308 e. The number of benzene rings is 1. The molecule has 0 bridgehead atoms. The highest BCUT2D eigenvalue weighted by Crippen LogP contribution is 2.21. The van der Waals surface area contributed by atoms with Gasteiger partial charge in [-0.05, 0) is 31.7 Å². The molecule has 6 heteroatoms. The van der Waals surface area contributed by atoms with Crippen molar-refractivity contribution < 1.29 is 9.53 Å². The van der Waals surface area contributed by atoms with E-state index in [2.05, 4.69) is 54.4 Å². The van der Waals surface area contributed by atoms with Gasteiger partial charge in [0, 0.05) is 32.1 Å². The number of ether oxygens (including phenoxy) is 1. The number of esters is 1. The predicted octanol–water partition coefficient (Wildman–Crippen LogP) is 3.65. The minimum Gasteiger partial charge on any atom is -0.469 e. The minimum absolute atomic E-state index is 0. The lowest BCUT2D eigenvalue weighted by Crippen LogP contribution is -2.46. The molecule has 26 heavy (non-hydrogen) atoms. The molecule has 0 spiro atoms. The number of rotatable bonds is 6. The van der Waals surface area contributed by atoms with Crippen molar-refractivity contribution >= 4 is 35.9 Å². The summed E-state index contributed by atoms with van der Waals surface area (Å²) in [6.07, 6.45) is 2.72. The van der Waals surface area contributed by atoms with Crippen LogP contribution in [0.1, 0.15) is 44.6 Å². The number of hydrogen-bond donors (Lipinski definition) is 1. The van der Waals surface area contributed by atoms with Gasteiger partial charge in [-0.1, -0.05) is 37.3 Å². The zero-order valence-corrected chi connectivity index (χ0v) is 18.4. The number of carbonyl (C=O) groups excluding carboxylic acids is 1. The molecule has 0 saturated carbocycles. The van der Waals surface area contributed by atoms with Crippen LogP contribution in [0.4, 0.5) is 0 Å². The van der Waals surface area contributed by atoms with Gasteiger partial charge in [0.15, 0.2) is 5.96 Å². The first-order valence-electron chi connectivity index (χ1n) is 9.35. The van der Waals surface area contributed by atoms with Crippen LogP contribution >= 0.6 is 24.0 Å². The van der Waals surface area contributed by atoms with Crippen molar-refractivity contribution in [1.29, 1.82) is 0 Å². The normalized spacial score (nSPS) is 16.6. The smallest absolute Gasteiger partial charge is 0.308 e. The van der Waals surface area contributed by atoms with Crippen LogP contribution in [0.2, 0.25) is 0 Å². The SMILES string of the molecule is CCNC(=NCC(CC)c1ccccc1)N1CCC(C(=O)OC)CC1.I. The van der Waals surface area contributed by atoms with Gasteiger partial charge in [-0.25, -0.2) is 0 Å². The van der Waals surface area contributed by atoms with E-state index in [1.54, 1.807) is 0 Å². The van der Waals surface area contributed by atoms with Crippen molar-refractivity contribution in [3.63, 3.8) is 0 Å². The predicted molar refractivity (Wildman–Crippen MR) is 117 cm³/mol. The molecule has 2 rings (SSSR count). The van der Waals surface area contributed by atoms with E-state index in [0.29, 0.717) is 5.92 Å². The summed E-state index contributed by atoms with van der Waals surface area (Å²) in [5.74, 6) is 1.33. The quantitative estimate of drug-likeness (QED) is 0.297. The van der Waals surface area contributed by atoms with Crippen molar-refractivity contribution in [2.75, 3.05) is 33.3 Å². The van der Waals surface area contributed by atoms with Gasteiger partial charge in [-0.15, -0.1) is 24.0 Å². The maximum absolute atomic E-state index is 11.7. The molecule has 1 aromatic rings.